The highest BCUT2D eigenvalue weighted by atomic mass is 16.1. The van der Waals surface area contributed by atoms with Gasteiger partial charge >= 0.3 is 0 Å². The minimum absolute atomic E-state index is 0.0162. The Kier molecular flexibility index (Phi) is 8.61. The van der Waals surface area contributed by atoms with E-state index in [2.05, 4.69) is 34.2 Å². The van der Waals surface area contributed by atoms with Gasteiger partial charge in [0.2, 0.25) is 0 Å². The number of carbonyl (C=O) groups is 2. The van der Waals surface area contributed by atoms with E-state index in [1.54, 1.807) is 24.5 Å². The first kappa shape index (κ1) is 16.8. The number of ketones is 2. The van der Waals surface area contributed by atoms with E-state index in [4.69, 9.17) is 0 Å². The standard InChI is InChI=1S/2C5H6N2O.C3H8/c2*1-4(8)5-2-3-6-7-5;1-3-2/h2*2-3H,1H3,(H,6,7);3H2,1-2H3. The maximum absolute atomic E-state index is 10.4. The van der Waals surface area contributed by atoms with Gasteiger partial charge in [-0.25, -0.2) is 0 Å². The molecule has 0 saturated carbocycles. The smallest absolute Gasteiger partial charge is 0.177 e. The van der Waals surface area contributed by atoms with Gasteiger partial charge in [0.15, 0.2) is 11.6 Å². The molecule has 2 aromatic heterocycles. The number of aromatic amines is 2. The van der Waals surface area contributed by atoms with Crippen molar-refractivity contribution in [2.75, 3.05) is 0 Å². The molecule has 0 aliphatic heterocycles. The molecule has 0 fully saturated rings. The van der Waals surface area contributed by atoms with Gasteiger partial charge in [0.1, 0.15) is 11.4 Å². The molecule has 0 aliphatic carbocycles. The minimum atomic E-state index is 0.0162. The highest BCUT2D eigenvalue weighted by Gasteiger charge is 1.96. The van der Waals surface area contributed by atoms with Crippen molar-refractivity contribution >= 4 is 11.6 Å². The molecule has 0 spiro atoms. The number of rotatable bonds is 2. The zero-order valence-corrected chi connectivity index (χ0v) is 11.7. The van der Waals surface area contributed by atoms with Crippen molar-refractivity contribution in [1.29, 1.82) is 0 Å². The summed E-state index contributed by atoms with van der Waals surface area (Å²) in [6, 6.07) is 3.28. The van der Waals surface area contributed by atoms with E-state index >= 15 is 0 Å². The molecule has 0 atom stereocenters. The van der Waals surface area contributed by atoms with Crippen LogP contribution in [0.15, 0.2) is 24.5 Å². The van der Waals surface area contributed by atoms with Gasteiger partial charge in [0.05, 0.1) is 0 Å². The molecule has 2 rings (SSSR count). The summed E-state index contributed by atoms with van der Waals surface area (Å²) in [7, 11) is 0. The van der Waals surface area contributed by atoms with E-state index in [-0.39, 0.29) is 11.6 Å². The maximum Gasteiger partial charge on any atom is 0.177 e. The lowest BCUT2D eigenvalue weighted by atomic mass is 10.3. The molecule has 0 aromatic carbocycles. The summed E-state index contributed by atoms with van der Waals surface area (Å²) < 4.78 is 0. The first-order chi connectivity index (χ1) is 9.02. The largest absolute Gasteiger partial charge is 0.293 e. The highest BCUT2D eigenvalue weighted by molar-refractivity contribution is 5.92. The Labute approximate surface area is 112 Å². The van der Waals surface area contributed by atoms with E-state index < -0.39 is 0 Å². The predicted octanol–water partition coefficient (Wildman–Crippen LogP) is 2.64. The summed E-state index contributed by atoms with van der Waals surface area (Å²) in [5.74, 6) is 0.0324. The van der Waals surface area contributed by atoms with Gasteiger partial charge in [-0.2, -0.15) is 10.2 Å². The van der Waals surface area contributed by atoms with Crippen LogP contribution in [0.2, 0.25) is 0 Å². The molecule has 0 saturated heterocycles. The van der Waals surface area contributed by atoms with Gasteiger partial charge in [-0.15, -0.1) is 0 Å². The van der Waals surface area contributed by atoms with Crippen molar-refractivity contribution in [2.45, 2.75) is 34.1 Å². The third-order valence-electron chi connectivity index (χ3n) is 1.76. The number of carbonyl (C=O) groups excluding carboxylic acids is 2. The van der Waals surface area contributed by atoms with Crippen molar-refractivity contribution in [2.24, 2.45) is 0 Å². The highest BCUT2D eigenvalue weighted by Crippen LogP contribution is 1.90. The molecule has 19 heavy (non-hydrogen) atoms. The minimum Gasteiger partial charge on any atom is -0.293 e. The Morgan fingerprint density at radius 1 is 0.947 bits per heavy atom. The second-order valence-electron chi connectivity index (χ2n) is 3.76. The molecule has 0 aliphatic rings. The number of aromatic nitrogens is 4. The molecular formula is C13H20N4O2. The second kappa shape index (κ2) is 9.76. The third kappa shape index (κ3) is 7.64. The molecule has 2 aromatic rings. The van der Waals surface area contributed by atoms with Crippen LogP contribution in [0, 0.1) is 0 Å². The van der Waals surface area contributed by atoms with E-state index in [0.717, 1.165) is 0 Å². The molecular weight excluding hydrogens is 244 g/mol. The second-order valence-corrected chi connectivity index (χ2v) is 3.76. The Morgan fingerprint density at radius 3 is 1.37 bits per heavy atom. The molecule has 0 amide bonds. The quantitative estimate of drug-likeness (QED) is 0.816. The molecule has 0 unspecified atom stereocenters. The Morgan fingerprint density at radius 2 is 1.26 bits per heavy atom. The van der Waals surface area contributed by atoms with Crippen LogP contribution in [-0.4, -0.2) is 32.0 Å². The number of H-pyrrole nitrogens is 2. The Balaban J connectivity index is 0.000000284. The van der Waals surface area contributed by atoms with E-state index in [9.17, 15) is 9.59 Å². The number of hydrogen-bond acceptors (Lipinski definition) is 4. The van der Waals surface area contributed by atoms with Crippen molar-refractivity contribution in [3.8, 4) is 0 Å². The van der Waals surface area contributed by atoms with Crippen molar-refractivity contribution < 1.29 is 9.59 Å². The lowest BCUT2D eigenvalue weighted by Gasteiger charge is -1.80. The fourth-order valence-corrected chi connectivity index (χ4v) is 0.904. The van der Waals surface area contributed by atoms with Gasteiger partial charge < -0.3 is 0 Å². The molecule has 0 radical (unpaired) electrons. The normalized spacial score (nSPS) is 8.63. The number of nitrogens with zero attached hydrogens (tertiary/aromatic N) is 2. The van der Waals surface area contributed by atoms with Crippen LogP contribution in [0.4, 0.5) is 0 Å². The van der Waals surface area contributed by atoms with Gasteiger partial charge in [0, 0.05) is 26.2 Å². The fraction of sp³-hybridized carbons (Fsp3) is 0.385. The maximum atomic E-state index is 10.4. The summed E-state index contributed by atoms with van der Waals surface area (Å²) in [6.07, 6.45) is 4.35. The Bertz CT molecular complexity index is 417. The molecule has 0 bridgehead atoms. The molecule has 6 heteroatoms. The lowest BCUT2D eigenvalue weighted by molar-refractivity contribution is 0.100. The number of Topliss-reactive ketones (excluding diaryl/α,β-unsaturated/α-hetero) is 2. The third-order valence-corrected chi connectivity index (χ3v) is 1.76. The SMILES string of the molecule is CC(=O)c1ccn[nH]1.CC(=O)c1ccn[nH]1.CCC. The molecule has 2 N–H and O–H groups in total. The van der Waals surface area contributed by atoms with Gasteiger partial charge in [0.25, 0.3) is 0 Å². The summed E-state index contributed by atoms with van der Waals surface area (Å²) in [6.45, 7) is 7.24. The van der Waals surface area contributed by atoms with Gasteiger partial charge in [-0.1, -0.05) is 20.3 Å². The number of hydrogen-bond donors (Lipinski definition) is 2. The molecule has 104 valence electrons. The summed E-state index contributed by atoms with van der Waals surface area (Å²) in [4.78, 5) is 20.9. The Hall–Kier alpha value is -2.24. The molecule has 6 nitrogen and oxygen atoms in total. The average molecular weight is 264 g/mol. The summed E-state index contributed by atoms with van der Waals surface area (Å²) >= 11 is 0. The van der Waals surface area contributed by atoms with Crippen LogP contribution in [0.1, 0.15) is 55.1 Å². The van der Waals surface area contributed by atoms with Gasteiger partial charge in [-0.3, -0.25) is 19.8 Å². The predicted molar refractivity (Wildman–Crippen MR) is 73.1 cm³/mol. The first-order valence-corrected chi connectivity index (χ1v) is 6.03. The fourth-order valence-electron chi connectivity index (χ4n) is 0.904. The summed E-state index contributed by atoms with van der Waals surface area (Å²) in [5, 5.41) is 12.3. The van der Waals surface area contributed by atoms with Crippen LogP contribution in [0.5, 0.6) is 0 Å². The van der Waals surface area contributed by atoms with Crippen LogP contribution in [0.25, 0.3) is 0 Å². The van der Waals surface area contributed by atoms with Crippen LogP contribution in [-0.2, 0) is 0 Å². The first-order valence-electron chi connectivity index (χ1n) is 6.03. The topological polar surface area (TPSA) is 91.5 Å². The van der Waals surface area contributed by atoms with Crippen LogP contribution < -0.4 is 0 Å². The summed E-state index contributed by atoms with van der Waals surface area (Å²) in [5.41, 5.74) is 1.12. The van der Waals surface area contributed by atoms with Crippen LogP contribution in [0.3, 0.4) is 0 Å². The van der Waals surface area contributed by atoms with E-state index in [1.165, 1.54) is 20.3 Å². The van der Waals surface area contributed by atoms with E-state index in [0.29, 0.717) is 11.4 Å². The van der Waals surface area contributed by atoms with Crippen molar-refractivity contribution in [3.05, 3.63) is 35.9 Å². The monoisotopic (exact) mass is 264 g/mol. The molecule has 2 heterocycles. The average Bonchev–Trinajstić information content (AvgIpc) is 3.05. The zero-order chi connectivity index (χ0) is 14.7. The zero-order valence-electron chi connectivity index (χ0n) is 11.7. The van der Waals surface area contributed by atoms with Crippen LogP contribution >= 0.6 is 0 Å². The van der Waals surface area contributed by atoms with Crippen molar-refractivity contribution in [1.82, 2.24) is 20.4 Å². The van der Waals surface area contributed by atoms with Gasteiger partial charge in [-0.05, 0) is 12.1 Å². The van der Waals surface area contributed by atoms with E-state index in [1.807, 2.05) is 0 Å². The van der Waals surface area contributed by atoms with Crippen molar-refractivity contribution in [3.63, 3.8) is 0 Å². The lowest BCUT2D eigenvalue weighted by Crippen LogP contribution is -1.90. The number of nitrogens with one attached hydrogen (secondary N) is 2.